The molecule has 0 aliphatic rings. The van der Waals surface area contributed by atoms with Crippen LogP contribution < -0.4 is 10.5 Å². The number of carbonyl (C=O) groups excluding carboxylic acids is 1. The molecule has 1 atom stereocenters. The van der Waals surface area contributed by atoms with E-state index in [0.29, 0.717) is 11.3 Å². The molecule has 0 saturated carbocycles. The monoisotopic (exact) mass is 164 g/mol. The molecule has 0 spiro atoms. The average molecular weight is 164 g/mol. The van der Waals surface area contributed by atoms with Crippen LogP contribution in [0.4, 0.5) is 0 Å². The summed E-state index contributed by atoms with van der Waals surface area (Å²) in [5.41, 5.74) is 6.15. The number of nitrogens with two attached hydrogens (primary N) is 1. The van der Waals surface area contributed by atoms with Crippen molar-refractivity contribution in [3.63, 3.8) is 0 Å². The molecule has 1 aromatic rings. The summed E-state index contributed by atoms with van der Waals surface area (Å²) in [6.07, 6.45) is 1.70. The molecule has 0 aliphatic heterocycles. The van der Waals surface area contributed by atoms with E-state index in [0.717, 1.165) is 0 Å². The molecule has 0 saturated heterocycles. The lowest BCUT2D eigenvalue weighted by Gasteiger charge is -2.05. The van der Waals surface area contributed by atoms with Crippen LogP contribution in [0.15, 0.2) is 24.3 Å². The Labute approximate surface area is 71.1 Å². The van der Waals surface area contributed by atoms with Gasteiger partial charge >= 0.3 is 0 Å². The first-order valence-electron chi connectivity index (χ1n) is 3.55. The van der Waals surface area contributed by atoms with Gasteiger partial charge in [0.2, 0.25) is 6.29 Å². The van der Waals surface area contributed by atoms with E-state index < -0.39 is 6.04 Å². The Morgan fingerprint density at radius 3 is 2.92 bits per heavy atom. The van der Waals surface area contributed by atoms with Gasteiger partial charge in [0.05, 0.1) is 13.2 Å². The van der Waals surface area contributed by atoms with Gasteiger partial charge in [-0.3, -0.25) is 4.79 Å². The lowest BCUT2D eigenvalue weighted by molar-refractivity contribution is 0.414. The Balaban J connectivity index is 2.93. The Hall–Kier alpha value is -1.35. The predicted molar refractivity (Wildman–Crippen MR) is 45.6 cm³/mol. The van der Waals surface area contributed by atoms with Gasteiger partial charge in [0.1, 0.15) is 5.75 Å². The molecule has 12 heavy (non-hydrogen) atoms. The van der Waals surface area contributed by atoms with Crippen molar-refractivity contribution in [3.8, 4) is 5.75 Å². The maximum Gasteiger partial charge on any atom is 0.221 e. The third kappa shape index (κ3) is 1.83. The topological polar surface area (TPSA) is 52.3 Å². The molecule has 1 aromatic carbocycles. The van der Waals surface area contributed by atoms with Crippen molar-refractivity contribution >= 4 is 6.29 Å². The van der Waals surface area contributed by atoms with Crippen LogP contribution in [0.1, 0.15) is 11.6 Å². The summed E-state index contributed by atoms with van der Waals surface area (Å²) < 4.78 is 4.96. The standard InChI is InChI=1S/C9H10NO2/c1-12-8-4-2-3-7(5-8)9(10)6-11/h2-5,9H,10H2,1H3. The Morgan fingerprint density at radius 1 is 1.58 bits per heavy atom. The number of rotatable bonds is 3. The van der Waals surface area contributed by atoms with Crippen molar-refractivity contribution in [2.45, 2.75) is 6.04 Å². The van der Waals surface area contributed by atoms with Crippen LogP contribution in [0.25, 0.3) is 0 Å². The highest BCUT2D eigenvalue weighted by molar-refractivity contribution is 5.62. The van der Waals surface area contributed by atoms with Crippen LogP contribution in [0.5, 0.6) is 5.75 Å². The average Bonchev–Trinajstić information content (AvgIpc) is 2.17. The minimum atomic E-state index is -0.680. The fourth-order valence-corrected chi connectivity index (χ4v) is 0.903. The first-order valence-corrected chi connectivity index (χ1v) is 3.55. The normalized spacial score (nSPS) is 12.2. The molecule has 1 unspecified atom stereocenters. The number of ether oxygens (including phenoxy) is 1. The quantitative estimate of drug-likeness (QED) is 0.719. The molecule has 0 aliphatic carbocycles. The highest BCUT2D eigenvalue weighted by Crippen LogP contribution is 2.15. The molecule has 0 aromatic heterocycles. The minimum Gasteiger partial charge on any atom is -0.497 e. The Kier molecular flexibility index (Phi) is 2.82. The Morgan fingerprint density at radius 2 is 2.33 bits per heavy atom. The third-order valence-corrected chi connectivity index (χ3v) is 1.58. The second kappa shape index (κ2) is 3.88. The number of hydrogen-bond acceptors (Lipinski definition) is 3. The summed E-state index contributed by atoms with van der Waals surface area (Å²) in [5.74, 6) is 0.693. The Bertz CT molecular complexity index is 273. The van der Waals surface area contributed by atoms with Crippen molar-refractivity contribution in [1.82, 2.24) is 0 Å². The zero-order chi connectivity index (χ0) is 8.97. The second-order valence-electron chi connectivity index (χ2n) is 2.37. The fraction of sp³-hybridized carbons (Fsp3) is 0.222. The molecule has 3 nitrogen and oxygen atoms in total. The zero-order valence-electron chi connectivity index (χ0n) is 6.78. The molecule has 0 bridgehead atoms. The van der Waals surface area contributed by atoms with Gasteiger partial charge in [0, 0.05) is 0 Å². The van der Waals surface area contributed by atoms with Gasteiger partial charge in [-0.2, -0.15) is 0 Å². The molecule has 0 fully saturated rings. The highest BCUT2D eigenvalue weighted by atomic mass is 16.5. The van der Waals surface area contributed by atoms with Gasteiger partial charge in [-0.05, 0) is 17.7 Å². The molecule has 0 heterocycles. The van der Waals surface area contributed by atoms with E-state index in [4.69, 9.17) is 10.5 Å². The predicted octanol–water partition coefficient (Wildman–Crippen LogP) is 0.805. The molecule has 1 radical (unpaired) electrons. The summed E-state index contributed by atoms with van der Waals surface area (Å²) in [6, 6.07) is 6.38. The van der Waals surface area contributed by atoms with E-state index >= 15 is 0 Å². The highest BCUT2D eigenvalue weighted by Gasteiger charge is 2.04. The smallest absolute Gasteiger partial charge is 0.221 e. The maximum atomic E-state index is 10.2. The largest absolute Gasteiger partial charge is 0.497 e. The molecule has 63 valence electrons. The van der Waals surface area contributed by atoms with Crippen molar-refractivity contribution in [2.24, 2.45) is 5.73 Å². The fourth-order valence-electron chi connectivity index (χ4n) is 0.903. The molecule has 2 N–H and O–H groups in total. The lowest BCUT2D eigenvalue weighted by atomic mass is 10.1. The molecule has 0 amide bonds. The van der Waals surface area contributed by atoms with Crippen molar-refractivity contribution in [2.75, 3.05) is 7.11 Å². The SMILES string of the molecule is COc1cccc(C(N)[C]=O)c1. The maximum absolute atomic E-state index is 10.2. The van der Waals surface area contributed by atoms with Gasteiger partial charge < -0.3 is 10.5 Å². The number of benzene rings is 1. The summed E-state index contributed by atoms with van der Waals surface area (Å²) in [7, 11) is 1.56. The zero-order valence-corrected chi connectivity index (χ0v) is 6.78. The van der Waals surface area contributed by atoms with Crippen LogP contribution in [0, 0.1) is 0 Å². The van der Waals surface area contributed by atoms with E-state index in [1.165, 1.54) is 0 Å². The van der Waals surface area contributed by atoms with Crippen LogP contribution in [0.2, 0.25) is 0 Å². The van der Waals surface area contributed by atoms with E-state index in [-0.39, 0.29) is 0 Å². The van der Waals surface area contributed by atoms with Gasteiger partial charge in [-0.25, -0.2) is 0 Å². The van der Waals surface area contributed by atoms with Crippen molar-refractivity contribution in [1.29, 1.82) is 0 Å². The first-order chi connectivity index (χ1) is 5.77. The summed E-state index contributed by atoms with van der Waals surface area (Å²) in [6.45, 7) is 0. The lowest BCUT2D eigenvalue weighted by Crippen LogP contribution is -2.10. The van der Waals surface area contributed by atoms with Gasteiger partial charge in [-0.15, -0.1) is 0 Å². The number of hydrogen-bond donors (Lipinski definition) is 1. The summed E-state index contributed by atoms with van der Waals surface area (Å²) >= 11 is 0. The second-order valence-corrected chi connectivity index (χ2v) is 2.37. The van der Waals surface area contributed by atoms with E-state index in [9.17, 15) is 4.79 Å². The van der Waals surface area contributed by atoms with Gasteiger partial charge in [0.15, 0.2) is 0 Å². The van der Waals surface area contributed by atoms with Gasteiger partial charge in [0.25, 0.3) is 0 Å². The van der Waals surface area contributed by atoms with Crippen molar-refractivity contribution in [3.05, 3.63) is 29.8 Å². The molecular weight excluding hydrogens is 154 g/mol. The van der Waals surface area contributed by atoms with Crippen molar-refractivity contribution < 1.29 is 9.53 Å². The van der Waals surface area contributed by atoms with Gasteiger partial charge in [-0.1, -0.05) is 12.1 Å². The van der Waals surface area contributed by atoms with Crippen LogP contribution in [-0.2, 0) is 4.79 Å². The molecule has 3 heteroatoms. The minimum absolute atomic E-state index is 0.680. The number of methoxy groups -OCH3 is 1. The van der Waals surface area contributed by atoms with E-state index in [1.807, 2.05) is 0 Å². The summed E-state index contributed by atoms with van der Waals surface area (Å²) in [4.78, 5) is 10.2. The molecular formula is C9H10NO2. The van der Waals surface area contributed by atoms with Crippen LogP contribution in [-0.4, -0.2) is 13.4 Å². The van der Waals surface area contributed by atoms with E-state index in [2.05, 4.69) is 0 Å². The van der Waals surface area contributed by atoms with E-state index in [1.54, 1.807) is 37.7 Å². The molecule has 1 rings (SSSR count). The van der Waals surface area contributed by atoms with Crippen LogP contribution in [0.3, 0.4) is 0 Å². The van der Waals surface area contributed by atoms with Crippen LogP contribution >= 0.6 is 0 Å². The third-order valence-electron chi connectivity index (χ3n) is 1.58. The first kappa shape index (κ1) is 8.74. The summed E-state index contributed by atoms with van der Waals surface area (Å²) in [5, 5.41) is 0.